The Labute approximate surface area is 394 Å². The van der Waals surface area contributed by atoms with Crippen molar-refractivity contribution >= 4 is 88.4 Å². The zero-order valence-corrected chi connectivity index (χ0v) is 37.3. The molecule has 14 rings (SSSR count). The number of anilines is 2. The highest BCUT2D eigenvalue weighted by atomic mass is 16.3. The lowest BCUT2D eigenvalue weighted by Crippen LogP contribution is -2.07. The Morgan fingerprint density at radius 1 is 0.471 bits per heavy atom. The number of hydrogen-bond donors (Lipinski definition) is 1. The molecule has 0 amide bonds. The summed E-state index contributed by atoms with van der Waals surface area (Å²) in [5.74, 6) is 0.444. The molecule has 0 fully saturated rings. The van der Waals surface area contributed by atoms with Crippen molar-refractivity contribution in [2.45, 2.75) is 24.7 Å². The van der Waals surface area contributed by atoms with E-state index in [-0.39, 0.29) is 11.8 Å². The number of para-hydroxylation sites is 4. The Morgan fingerprint density at radius 2 is 1.18 bits per heavy atom. The van der Waals surface area contributed by atoms with Crippen molar-refractivity contribution in [2.75, 3.05) is 5.32 Å². The van der Waals surface area contributed by atoms with Gasteiger partial charge in [-0.05, 0) is 137 Å². The van der Waals surface area contributed by atoms with E-state index in [1.807, 2.05) is 6.07 Å². The summed E-state index contributed by atoms with van der Waals surface area (Å²) in [5, 5.41) is 12.3. The van der Waals surface area contributed by atoms with E-state index < -0.39 is 0 Å². The normalized spacial score (nSPS) is 15.8. The van der Waals surface area contributed by atoms with Crippen molar-refractivity contribution in [3.8, 4) is 11.4 Å². The van der Waals surface area contributed by atoms with Crippen LogP contribution in [0.15, 0.2) is 229 Å². The van der Waals surface area contributed by atoms with E-state index in [1.54, 1.807) is 0 Å². The van der Waals surface area contributed by atoms with Crippen LogP contribution in [0, 0.1) is 0 Å². The van der Waals surface area contributed by atoms with Crippen LogP contribution in [0.3, 0.4) is 0 Å². The van der Waals surface area contributed by atoms with Gasteiger partial charge in [-0.25, -0.2) is 0 Å². The summed E-state index contributed by atoms with van der Waals surface area (Å²) in [6, 6.07) is 72.9. The highest BCUT2D eigenvalue weighted by Gasteiger charge is 2.25. The molecule has 4 heteroatoms. The lowest BCUT2D eigenvalue weighted by molar-refractivity contribution is 0.669. The number of fused-ring (bicyclic) bond motifs is 10. The third-order valence-electron chi connectivity index (χ3n) is 14.6. The van der Waals surface area contributed by atoms with Gasteiger partial charge in [0.2, 0.25) is 0 Å². The molecule has 2 aliphatic rings. The quantitative estimate of drug-likeness (QED) is 0.173. The molecule has 3 aromatic heterocycles. The Kier molecular flexibility index (Phi) is 8.81. The van der Waals surface area contributed by atoms with E-state index in [0.29, 0.717) is 0 Å². The summed E-state index contributed by atoms with van der Waals surface area (Å²) in [6.07, 6.45) is 13.8. The van der Waals surface area contributed by atoms with Gasteiger partial charge in [-0.15, -0.1) is 0 Å². The molecule has 2 aliphatic carbocycles. The maximum Gasteiger partial charge on any atom is 0.135 e. The van der Waals surface area contributed by atoms with Gasteiger partial charge >= 0.3 is 0 Å². The molecule has 4 nitrogen and oxygen atoms in total. The van der Waals surface area contributed by atoms with Gasteiger partial charge in [0.1, 0.15) is 11.2 Å². The largest absolute Gasteiger partial charge is 0.456 e. The van der Waals surface area contributed by atoms with Crippen LogP contribution in [0.25, 0.3) is 88.4 Å². The minimum atomic E-state index is 0.213. The lowest BCUT2D eigenvalue weighted by atomic mass is 9.85. The molecule has 0 saturated carbocycles. The van der Waals surface area contributed by atoms with Crippen LogP contribution < -0.4 is 5.32 Å². The number of nitrogens with one attached hydrogen (secondary N) is 1. The molecule has 0 saturated heterocycles. The second-order valence-corrected chi connectivity index (χ2v) is 18.5. The van der Waals surface area contributed by atoms with E-state index in [1.165, 1.54) is 82.7 Å². The summed E-state index contributed by atoms with van der Waals surface area (Å²) < 4.78 is 11.2. The molecule has 68 heavy (non-hydrogen) atoms. The summed E-state index contributed by atoms with van der Waals surface area (Å²) >= 11 is 0. The smallest absolute Gasteiger partial charge is 0.135 e. The Bertz CT molecular complexity index is 4080. The van der Waals surface area contributed by atoms with Crippen LogP contribution in [-0.4, -0.2) is 9.13 Å². The molecule has 2 unspecified atom stereocenters. The topological polar surface area (TPSA) is 35.0 Å². The number of benzene rings is 9. The van der Waals surface area contributed by atoms with Crippen molar-refractivity contribution in [1.82, 2.24) is 9.13 Å². The second-order valence-electron chi connectivity index (χ2n) is 18.5. The molecule has 322 valence electrons. The van der Waals surface area contributed by atoms with Crippen molar-refractivity contribution in [3.05, 3.63) is 252 Å². The molecule has 0 aliphatic heterocycles. The van der Waals surface area contributed by atoms with E-state index >= 15 is 0 Å². The third-order valence-corrected chi connectivity index (χ3v) is 14.6. The molecule has 3 heterocycles. The summed E-state index contributed by atoms with van der Waals surface area (Å²) in [5.41, 5.74) is 17.7. The number of aromatic nitrogens is 2. The van der Waals surface area contributed by atoms with Gasteiger partial charge in [-0.2, -0.15) is 0 Å². The number of rotatable bonds is 7. The minimum Gasteiger partial charge on any atom is -0.456 e. The minimum absolute atomic E-state index is 0.213. The van der Waals surface area contributed by atoms with Gasteiger partial charge in [-0.1, -0.05) is 140 Å². The van der Waals surface area contributed by atoms with Crippen molar-refractivity contribution < 1.29 is 4.42 Å². The average Bonchev–Trinajstić information content (AvgIpc) is 4.06. The maximum absolute atomic E-state index is 6.30. The molecule has 0 bridgehead atoms. The molecular weight excluding hydrogens is 827 g/mol. The highest BCUT2D eigenvalue weighted by Crippen LogP contribution is 2.43. The Morgan fingerprint density at radius 3 is 2.04 bits per heavy atom. The second kappa shape index (κ2) is 15.5. The average molecular weight is 872 g/mol. The van der Waals surface area contributed by atoms with Crippen LogP contribution >= 0.6 is 0 Å². The Balaban J connectivity index is 0.883. The van der Waals surface area contributed by atoms with Crippen LogP contribution in [-0.2, 0) is 6.42 Å². The number of allylic oxidation sites excluding steroid dienone is 5. The maximum atomic E-state index is 6.30. The molecule has 0 spiro atoms. The van der Waals surface area contributed by atoms with Gasteiger partial charge < -0.3 is 18.9 Å². The molecular formula is C64H45N3O. The molecule has 1 N–H and O–H groups in total. The van der Waals surface area contributed by atoms with Gasteiger partial charge in [0.05, 0.1) is 16.6 Å². The number of nitrogens with zero attached hydrogens (tertiary/aromatic N) is 2. The Hall–Kier alpha value is -8.60. The van der Waals surface area contributed by atoms with E-state index in [9.17, 15) is 0 Å². The van der Waals surface area contributed by atoms with Gasteiger partial charge in [0, 0.05) is 72.8 Å². The van der Waals surface area contributed by atoms with Crippen molar-refractivity contribution in [1.29, 1.82) is 0 Å². The summed E-state index contributed by atoms with van der Waals surface area (Å²) in [6.45, 7) is 0. The fourth-order valence-electron chi connectivity index (χ4n) is 11.3. The lowest BCUT2D eigenvalue weighted by Gasteiger charge is -2.20. The van der Waals surface area contributed by atoms with Gasteiger partial charge in [0.15, 0.2) is 0 Å². The standard InChI is InChI=1S/C64H45N3O/c1-2-17-49(18-3-1)66-59-23-10-7-20-52(59)54-37-45(27-31-60(54)66)46-28-33-62-56(39-46)55-38-44(26-32-61(55)67(62)50-30-34-64-57(40-50)53-21-8-11-24-63(53)68-64)42-15-12-16-47(35-42)51-19-6-9-22-58(51)65-48-29-25-41-13-4-5-14-43(41)36-48/h1-14,16-36,38-40,42,45,65H,15,37H2. The van der Waals surface area contributed by atoms with Gasteiger partial charge in [-0.3, -0.25) is 0 Å². The number of furan rings is 1. The first-order chi connectivity index (χ1) is 33.7. The molecule has 0 radical (unpaired) electrons. The molecule has 12 aromatic rings. The SMILES string of the molecule is C1=CC(c2ccccc2Nc2ccc3ccccc3c2)=CC(c2ccc3c(c2)c2cc(C4C=Cc5c(c6ccccc6n5-c5ccccc5)C4)ccc2n3-c2ccc3oc4ccccc4c3c2)C1. The summed E-state index contributed by atoms with van der Waals surface area (Å²) in [7, 11) is 0. The monoisotopic (exact) mass is 871 g/mol. The zero-order chi connectivity index (χ0) is 44.7. The first-order valence-corrected chi connectivity index (χ1v) is 23.8. The zero-order valence-electron chi connectivity index (χ0n) is 37.3. The fraction of sp³-hybridized carbons (Fsp3) is 0.0625. The molecule has 2 atom stereocenters. The number of hydrogen-bond acceptors (Lipinski definition) is 2. The van der Waals surface area contributed by atoms with E-state index in [4.69, 9.17) is 4.42 Å². The first kappa shape index (κ1) is 38.6. The summed E-state index contributed by atoms with van der Waals surface area (Å²) in [4.78, 5) is 0. The predicted molar refractivity (Wildman–Crippen MR) is 285 cm³/mol. The fourth-order valence-corrected chi connectivity index (χ4v) is 11.3. The van der Waals surface area contributed by atoms with E-state index in [2.05, 4.69) is 239 Å². The predicted octanol–water partition coefficient (Wildman–Crippen LogP) is 17.0. The van der Waals surface area contributed by atoms with Crippen LogP contribution in [0.4, 0.5) is 11.4 Å². The van der Waals surface area contributed by atoms with Crippen LogP contribution in [0.2, 0.25) is 0 Å². The van der Waals surface area contributed by atoms with E-state index in [0.717, 1.165) is 51.8 Å². The molecule has 9 aromatic carbocycles. The van der Waals surface area contributed by atoms with Crippen LogP contribution in [0.1, 0.15) is 46.2 Å². The van der Waals surface area contributed by atoms with Gasteiger partial charge in [0.25, 0.3) is 0 Å². The first-order valence-electron chi connectivity index (χ1n) is 23.8. The highest BCUT2D eigenvalue weighted by molar-refractivity contribution is 6.11. The van der Waals surface area contributed by atoms with Crippen molar-refractivity contribution in [2.24, 2.45) is 0 Å². The third kappa shape index (κ3) is 6.29. The van der Waals surface area contributed by atoms with Crippen LogP contribution in [0.5, 0.6) is 0 Å². The van der Waals surface area contributed by atoms with Crippen molar-refractivity contribution in [3.63, 3.8) is 0 Å².